The summed E-state index contributed by atoms with van der Waals surface area (Å²) in [6.45, 7) is 16.2. The second kappa shape index (κ2) is 19.6. The van der Waals surface area contributed by atoms with Gasteiger partial charge in [-0.1, -0.05) is 6.08 Å². The van der Waals surface area contributed by atoms with Gasteiger partial charge < -0.3 is 14.8 Å². The van der Waals surface area contributed by atoms with Gasteiger partial charge in [0.25, 0.3) is 5.91 Å². The lowest BCUT2D eigenvalue weighted by molar-refractivity contribution is -0.136. The Balaban J connectivity index is 0.718. The molecule has 3 atom stereocenters. The monoisotopic (exact) mass is 981 g/mol. The molecule has 3 fully saturated rings. The number of rotatable bonds is 11. The van der Waals surface area contributed by atoms with Crippen molar-refractivity contribution in [2.45, 2.75) is 96.8 Å². The van der Waals surface area contributed by atoms with Crippen molar-refractivity contribution in [1.82, 2.24) is 39.5 Å². The number of anilines is 2. The van der Waals surface area contributed by atoms with Crippen LogP contribution in [0.3, 0.4) is 0 Å². The quantitative estimate of drug-likeness (QED) is 0.127. The molecule has 2 aromatic carbocycles. The third-order valence-corrected chi connectivity index (χ3v) is 16.4. The number of carbonyl (C=O) groups is 4. The van der Waals surface area contributed by atoms with E-state index in [-0.39, 0.29) is 48.5 Å². The maximum Gasteiger partial charge on any atom is 0.253 e. The van der Waals surface area contributed by atoms with Crippen LogP contribution in [0.5, 0.6) is 0 Å². The van der Waals surface area contributed by atoms with Crippen molar-refractivity contribution in [2.75, 3.05) is 69.6 Å². The minimum absolute atomic E-state index is 0.0937. The largest absolute Gasteiger partial charge is 0.373 e. The number of amides is 4. The number of nitrogens with one attached hydrogen (secondary N) is 2. The Hall–Kier alpha value is -6.36. The molecule has 5 aromatic rings. The molecule has 0 saturated carbocycles. The molecule has 5 aliphatic rings. The molecule has 72 heavy (non-hydrogen) atoms. The number of fused-ring (bicyclic) bond motifs is 2. The van der Waals surface area contributed by atoms with Crippen molar-refractivity contribution in [3.63, 3.8) is 0 Å². The first-order valence-electron chi connectivity index (χ1n) is 25.6. The van der Waals surface area contributed by atoms with Gasteiger partial charge in [0.2, 0.25) is 17.7 Å². The Bertz CT molecular complexity index is 2970. The van der Waals surface area contributed by atoms with Crippen LogP contribution in [0.2, 0.25) is 0 Å². The predicted molar refractivity (Wildman–Crippen MR) is 275 cm³/mol. The molecule has 2 N–H and O–H groups in total. The van der Waals surface area contributed by atoms with E-state index >= 15 is 8.78 Å². The first-order chi connectivity index (χ1) is 34.5. The van der Waals surface area contributed by atoms with Crippen molar-refractivity contribution >= 4 is 51.7 Å². The third-order valence-electron chi connectivity index (χ3n) is 16.4. The highest BCUT2D eigenvalue weighted by atomic mass is 19.1. The summed E-state index contributed by atoms with van der Waals surface area (Å²) in [6, 6.07) is 14.3. The molecule has 10 rings (SSSR count). The van der Waals surface area contributed by atoms with E-state index in [0.29, 0.717) is 66.5 Å². The second-order valence-corrected chi connectivity index (χ2v) is 21.2. The average molecular weight is 981 g/mol. The van der Waals surface area contributed by atoms with Gasteiger partial charge in [-0.25, -0.2) is 18.7 Å². The summed E-state index contributed by atoms with van der Waals surface area (Å²) < 4.78 is 34.2. The lowest BCUT2D eigenvalue weighted by Crippen LogP contribution is -2.55. The zero-order valence-electron chi connectivity index (χ0n) is 42.5. The number of nitrogens with zero attached hydrogens (tertiary/aromatic N) is 8. The second-order valence-electron chi connectivity index (χ2n) is 21.2. The fourth-order valence-corrected chi connectivity index (χ4v) is 12.1. The lowest BCUT2D eigenvalue weighted by atomic mass is 9.85. The van der Waals surface area contributed by atoms with Gasteiger partial charge >= 0.3 is 0 Å². The molecule has 16 heteroatoms. The topological polar surface area (TPSA) is 139 Å². The fraction of sp³-hybridized carbons (Fsp3) is 0.464. The van der Waals surface area contributed by atoms with Crippen molar-refractivity contribution in [2.24, 2.45) is 13.0 Å². The Kier molecular flexibility index (Phi) is 13.4. The number of likely N-dealkylation sites (tertiary alicyclic amines) is 1. The van der Waals surface area contributed by atoms with Gasteiger partial charge in [-0.05, 0) is 137 Å². The standard InChI is InChI=1S/C56H66F2N10O4/c1-33-24-39(26-45(58)51(33)37-15-20-65(21-16-37)35(3)47-27-42-41(12-17-60-52(42)63(47)7)38-8-10-49(59-6)61-29-38)54(71)66-18-13-36(14-19-66)31-67-23-22-64(30-34(67)2)32-40-25-43-48(28-44(40)57)68(55(72)56(43,4)5)46-9-11-50(69)62-53(46)70/h8,10,12,15,17,24-29,34-36,46H,9,11,13-14,16,18-23,30-32H2,1-7H3,(H,59,61)(H,62,69,70)/t34-,35?,46?/m0/s1. The highest BCUT2D eigenvalue weighted by Gasteiger charge is 2.49. The first kappa shape index (κ1) is 49.2. The van der Waals surface area contributed by atoms with E-state index in [1.54, 1.807) is 19.9 Å². The number of piperazine rings is 1. The fourth-order valence-electron chi connectivity index (χ4n) is 12.1. The highest BCUT2D eigenvalue weighted by molar-refractivity contribution is 6.13. The van der Waals surface area contributed by atoms with Crippen LogP contribution in [0.25, 0.3) is 27.7 Å². The van der Waals surface area contributed by atoms with E-state index in [0.717, 1.165) is 90.4 Å². The lowest BCUT2D eigenvalue weighted by Gasteiger charge is -2.42. The van der Waals surface area contributed by atoms with Crippen LogP contribution in [0, 0.1) is 24.5 Å². The van der Waals surface area contributed by atoms with E-state index in [2.05, 4.69) is 74.0 Å². The van der Waals surface area contributed by atoms with Crippen LogP contribution >= 0.6 is 0 Å². The minimum atomic E-state index is -0.951. The molecule has 4 amide bonds. The third kappa shape index (κ3) is 9.10. The van der Waals surface area contributed by atoms with Crippen molar-refractivity contribution in [1.29, 1.82) is 0 Å². The smallest absolute Gasteiger partial charge is 0.253 e. The van der Waals surface area contributed by atoms with Gasteiger partial charge in [-0.2, -0.15) is 0 Å². The number of benzene rings is 2. The van der Waals surface area contributed by atoms with Crippen LogP contribution in [-0.2, 0) is 33.4 Å². The molecule has 3 saturated heterocycles. The number of hydrogen-bond donors (Lipinski definition) is 2. The summed E-state index contributed by atoms with van der Waals surface area (Å²) in [4.78, 5) is 71.8. The molecule has 0 spiro atoms. The summed E-state index contributed by atoms with van der Waals surface area (Å²) in [5, 5.41) is 6.48. The summed E-state index contributed by atoms with van der Waals surface area (Å²) in [5.74, 6) is -0.845. The number of pyridine rings is 2. The summed E-state index contributed by atoms with van der Waals surface area (Å²) in [5.41, 5.74) is 7.57. The van der Waals surface area contributed by atoms with E-state index in [4.69, 9.17) is 4.98 Å². The van der Waals surface area contributed by atoms with E-state index in [9.17, 15) is 19.2 Å². The zero-order valence-corrected chi connectivity index (χ0v) is 42.5. The SMILES string of the molecule is CNc1ccc(-c2ccnc3c2cc(C(C)N2CC=C(c4c(C)cc(C(=O)N5CCC(CN6CCN(Cc7cc8c(cc7F)N(C7CCC(=O)NC7=O)C(=O)C8(C)C)C[C@@H]6C)CC5)cc4F)CC2)n3C)cn1. The molecule has 14 nitrogen and oxygen atoms in total. The number of imide groups is 1. The highest BCUT2D eigenvalue weighted by Crippen LogP contribution is 2.45. The molecule has 5 aliphatic heterocycles. The van der Waals surface area contributed by atoms with Gasteiger partial charge in [-0.3, -0.25) is 44.1 Å². The summed E-state index contributed by atoms with van der Waals surface area (Å²) in [7, 11) is 3.92. The molecule has 2 unspecified atom stereocenters. The van der Waals surface area contributed by atoms with Gasteiger partial charge in [-0.15, -0.1) is 0 Å². The molecule has 0 aliphatic carbocycles. The Morgan fingerprint density at radius 2 is 1.74 bits per heavy atom. The maximum absolute atomic E-state index is 16.2. The number of piperidine rings is 2. The van der Waals surface area contributed by atoms with Gasteiger partial charge in [0.1, 0.15) is 29.1 Å². The first-order valence-corrected chi connectivity index (χ1v) is 25.6. The van der Waals surface area contributed by atoms with E-state index < -0.39 is 23.2 Å². The predicted octanol–water partition coefficient (Wildman–Crippen LogP) is 7.60. The molecule has 3 aromatic heterocycles. The van der Waals surface area contributed by atoms with Crippen LogP contribution in [0.1, 0.15) is 104 Å². The van der Waals surface area contributed by atoms with Crippen LogP contribution in [0.4, 0.5) is 20.3 Å². The van der Waals surface area contributed by atoms with Crippen molar-refractivity contribution in [3.05, 3.63) is 112 Å². The zero-order chi connectivity index (χ0) is 50.7. The van der Waals surface area contributed by atoms with Crippen LogP contribution < -0.4 is 15.5 Å². The number of halogens is 2. The van der Waals surface area contributed by atoms with E-state index in [1.165, 1.54) is 17.0 Å². The van der Waals surface area contributed by atoms with Crippen LogP contribution in [0.15, 0.2) is 67.0 Å². The number of hydrogen-bond acceptors (Lipinski definition) is 10. The molecule has 0 radical (unpaired) electrons. The Morgan fingerprint density at radius 3 is 2.42 bits per heavy atom. The average Bonchev–Trinajstić information content (AvgIpc) is 3.80. The summed E-state index contributed by atoms with van der Waals surface area (Å²) >= 11 is 0. The Labute approximate surface area is 420 Å². The molecule has 0 bridgehead atoms. The van der Waals surface area contributed by atoms with Crippen molar-refractivity contribution in [3.8, 4) is 11.1 Å². The van der Waals surface area contributed by atoms with Gasteiger partial charge in [0.15, 0.2) is 0 Å². The van der Waals surface area contributed by atoms with Crippen molar-refractivity contribution < 1.29 is 28.0 Å². The number of aromatic nitrogens is 3. The van der Waals surface area contributed by atoms with Crippen LogP contribution in [-0.4, -0.2) is 129 Å². The summed E-state index contributed by atoms with van der Waals surface area (Å²) in [6.07, 6.45) is 8.62. The normalized spacial score (nSPS) is 21.8. The Morgan fingerprint density at radius 1 is 0.944 bits per heavy atom. The van der Waals surface area contributed by atoms with E-state index in [1.807, 2.05) is 49.5 Å². The minimum Gasteiger partial charge on any atom is -0.373 e. The van der Waals surface area contributed by atoms with Gasteiger partial charge in [0.05, 0.1) is 11.1 Å². The maximum atomic E-state index is 16.2. The molecule has 8 heterocycles. The molecular weight excluding hydrogens is 915 g/mol. The molecule has 378 valence electrons. The number of carbonyl (C=O) groups excluding carboxylic acids is 4. The molecular formula is C56H66F2N10O4. The van der Waals surface area contributed by atoms with Gasteiger partial charge in [0, 0.05) is 137 Å². The number of aryl methyl sites for hydroxylation is 2.